The molecule has 0 bridgehead atoms. The number of anilines is 1. The lowest BCUT2D eigenvalue weighted by Crippen LogP contribution is -2.35. The normalized spacial score (nSPS) is 12.8. The molecule has 1 heterocycles. The number of nitrogens with zero attached hydrogens (tertiary/aromatic N) is 3. The highest BCUT2D eigenvalue weighted by Gasteiger charge is 2.27. The third-order valence-corrected chi connectivity index (χ3v) is 3.11. The first kappa shape index (κ1) is 16.7. The van der Waals surface area contributed by atoms with E-state index < -0.39 is 18.7 Å². The van der Waals surface area contributed by atoms with Gasteiger partial charge in [0.2, 0.25) is 11.1 Å². The Kier molecular flexibility index (Phi) is 6.17. The van der Waals surface area contributed by atoms with Gasteiger partial charge in [-0.05, 0) is 25.8 Å². The molecule has 0 radical (unpaired) electrons. The summed E-state index contributed by atoms with van der Waals surface area (Å²) in [6, 6.07) is 0. The molecule has 0 unspecified atom stereocenters. The molecule has 0 aliphatic carbocycles. The van der Waals surface area contributed by atoms with Crippen molar-refractivity contribution >= 4 is 22.4 Å². The number of alkyl halides is 3. The van der Waals surface area contributed by atoms with Crippen LogP contribution in [-0.2, 0) is 6.42 Å². The second-order valence-corrected chi connectivity index (χ2v) is 4.81. The van der Waals surface area contributed by atoms with Gasteiger partial charge in [0.25, 0.3) is 0 Å². The zero-order valence-electron chi connectivity index (χ0n) is 10.6. The van der Waals surface area contributed by atoms with Gasteiger partial charge >= 0.3 is 6.18 Å². The highest BCUT2D eigenvalue weighted by atomic mass is 32.1. The molecule has 0 saturated heterocycles. The van der Waals surface area contributed by atoms with Crippen LogP contribution in [0.1, 0.15) is 18.5 Å². The Morgan fingerprint density at radius 2 is 2.15 bits per heavy atom. The fourth-order valence-electron chi connectivity index (χ4n) is 1.29. The summed E-state index contributed by atoms with van der Waals surface area (Å²) in [5.74, 6) is -0.648. The summed E-state index contributed by atoms with van der Waals surface area (Å²) in [6.45, 7) is -0.870. The molecule has 0 atom stereocenters. The Morgan fingerprint density at radius 1 is 1.45 bits per heavy atom. The van der Waals surface area contributed by atoms with Crippen LogP contribution in [0.15, 0.2) is 10.4 Å². The molecule has 0 aliphatic rings. The minimum Gasteiger partial charge on any atom is -0.368 e. The topological polar surface area (TPSA) is 101 Å². The average Bonchev–Trinajstić information content (AvgIpc) is 2.83. The van der Waals surface area contributed by atoms with Crippen LogP contribution in [-0.4, -0.2) is 35.4 Å². The largest absolute Gasteiger partial charge is 0.408 e. The number of hydrogen-bond acceptors (Lipinski definition) is 5. The highest BCUT2D eigenvalue weighted by Crippen LogP contribution is 2.20. The van der Waals surface area contributed by atoms with Crippen LogP contribution in [0.25, 0.3) is 0 Å². The Morgan fingerprint density at radius 3 is 2.75 bits per heavy atom. The van der Waals surface area contributed by atoms with E-state index in [1.165, 1.54) is 0 Å². The summed E-state index contributed by atoms with van der Waals surface area (Å²) in [6.07, 6.45) is -2.09. The third kappa shape index (κ3) is 5.72. The maximum absolute atomic E-state index is 12.0. The molecule has 114 valence electrons. The molecule has 1 rings (SSSR count). The van der Waals surface area contributed by atoms with Gasteiger partial charge in [0.1, 0.15) is 6.54 Å². The molecule has 0 amide bonds. The van der Waals surface area contributed by atoms with Gasteiger partial charge in [0.05, 0.1) is 5.69 Å². The van der Waals surface area contributed by atoms with Gasteiger partial charge in [-0.3, -0.25) is 5.21 Å². The summed E-state index contributed by atoms with van der Waals surface area (Å²) in [5, 5.41) is 11.7. The molecule has 1 aromatic rings. The van der Waals surface area contributed by atoms with Crippen LogP contribution in [0.5, 0.6) is 0 Å². The maximum atomic E-state index is 12.0. The lowest BCUT2D eigenvalue weighted by atomic mass is 10.2. The van der Waals surface area contributed by atoms with Crippen molar-refractivity contribution in [3.05, 3.63) is 11.1 Å². The molecule has 20 heavy (non-hydrogen) atoms. The molecule has 0 saturated carbocycles. The maximum Gasteiger partial charge on any atom is 0.408 e. The van der Waals surface area contributed by atoms with Gasteiger partial charge in [0, 0.05) is 5.38 Å². The van der Waals surface area contributed by atoms with Gasteiger partial charge in [0.15, 0.2) is 0 Å². The van der Waals surface area contributed by atoms with Crippen molar-refractivity contribution in [2.75, 3.05) is 18.2 Å². The van der Waals surface area contributed by atoms with Crippen LogP contribution in [0.3, 0.4) is 0 Å². The number of thiazole rings is 1. The van der Waals surface area contributed by atoms with Crippen LogP contribution in [0.2, 0.25) is 0 Å². The van der Waals surface area contributed by atoms with Crippen LogP contribution < -0.4 is 16.5 Å². The van der Waals surface area contributed by atoms with Crippen molar-refractivity contribution in [3.8, 4) is 0 Å². The smallest absolute Gasteiger partial charge is 0.368 e. The number of hydrogen-bond donors (Lipinski definition) is 3. The van der Waals surface area contributed by atoms with Crippen molar-refractivity contribution in [2.45, 2.75) is 25.4 Å². The molecule has 0 aliphatic heterocycles. The first-order valence-corrected chi connectivity index (χ1v) is 6.71. The van der Waals surface area contributed by atoms with E-state index in [-0.39, 0.29) is 5.13 Å². The van der Waals surface area contributed by atoms with Gasteiger partial charge < -0.3 is 11.5 Å². The Labute approximate surface area is 117 Å². The lowest BCUT2D eigenvalue weighted by molar-refractivity contribution is -0.118. The molecule has 1 aromatic heterocycles. The monoisotopic (exact) mass is 311 g/mol. The fraction of sp³-hybridized carbons (Fsp3) is 0.600. The Hall–Kier alpha value is -1.39. The number of aromatic nitrogens is 1. The van der Waals surface area contributed by atoms with E-state index in [1.54, 1.807) is 5.38 Å². The third-order valence-electron chi connectivity index (χ3n) is 2.25. The number of guanidine groups is 1. The Balaban J connectivity index is 2.60. The van der Waals surface area contributed by atoms with E-state index in [1.807, 2.05) is 0 Å². The van der Waals surface area contributed by atoms with E-state index in [0.717, 1.165) is 29.9 Å². The minimum absolute atomic E-state index is 0.0798. The minimum atomic E-state index is -4.47. The Bertz CT molecular complexity index is 448. The number of rotatable bonds is 6. The second-order valence-electron chi connectivity index (χ2n) is 3.97. The molecular formula is C10H16F3N5OS. The molecule has 6 nitrogen and oxygen atoms in total. The molecule has 10 heteroatoms. The molecule has 0 fully saturated rings. The zero-order chi connectivity index (χ0) is 15.2. The first-order chi connectivity index (χ1) is 9.33. The number of hydroxylamine groups is 1. The summed E-state index contributed by atoms with van der Waals surface area (Å²) in [4.78, 5) is 7.11. The van der Waals surface area contributed by atoms with E-state index in [9.17, 15) is 18.4 Å². The van der Waals surface area contributed by atoms with E-state index in [0.29, 0.717) is 18.0 Å². The van der Waals surface area contributed by atoms with Crippen molar-refractivity contribution in [3.63, 3.8) is 0 Å². The van der Waals surface area contributed by atoms with Crippen molar-refractivity contribution in [2.24, 2.45) is 16.5 Å². The van der Waals surface area contributed by atoms with Crippen LogP contribution in [0.4, 0.5) is 18.3 Å². The quantitative estimate of drug-likeness (QED) is 0.320. The summed E-state index contributed by atoms with van der Waals surface area (Å²) in [5.41, 5.74) is 11.4. The van der Waals surface area contributed by atoms with Crippen molar-refractivity contribution < 1.29 is 18.4 Å². The van der Waals surface area contributed by atoms with Gasteiger partial charge in [-0.2, -0.15) is 18.2 Å². The lowest BCUT2D eigenvalue weighted by Gasteiger charge is -2.12. The molecule has 0 aromatic carbocycles. The number of unbranched alkanes of at least 4 members (excludes halogenated alkanes) is 1. The van der Waals surface area contributed by atoms with Crippen LogP contribution in [0, 0.1) is 0 Å². The summed E-state index contributed by atoms with van der Waals surface area (Å²) >= 11 is 1.07. The first-order valence-electron chi connectivity index (χ1n) is 5.83. The summed E-state index contributed by atoms with van der Waals surface area (Å²) < 4.78 is 35.9. The van der Waals surface area contributed by atoms with E-state index >= 15 is 0 Å². The van der Waals surface area contributed by atoms with Gasteiger partial charge in [-0.15, -0.1) is 11.3 Å². The zero-order valence-corrected chi connectivity index (χ0v) is 11.4. The molecule has 0 spiro atoms. The predicted octanol–water partition coefficient (Wildman–Crippen LogP) is 1.50. The fourth-order valence-corrected chi connectivity index (χ4v) is 2.07. The van der Waals surface area contributed by atoms with E-state index in [2.05, 4.69) is 9.98 Å². The standard InChI is InChI=1S/C10H16F3N5OS/c11-10(12,13)6-16-8(15)18(19)9-17-7(5-20-9)3-1-2-4-14/h5,19H,1-4,6,14H2,(H2,15,16). The number of nitrogens with two attached hydrogens (primary N) is 2. The van der Waals surface area contributed by atoms with Crippen molar-refractivity contribution in [1.29, 1.82) is 0 Å². The van der Waals surface area contributed by atoms with Gasteiger partial charge in [-0.25, -0.2) is 9.98 Å². The van der Waals surface area contributed by atoms with E-state index in [4.69, 9.17) is 11.5 Å². The number of aryl methyl sites for hydroxylation is 1. The number of halogens is 3. The number of aliphatic imine (C=N–C) groups is 1. The SMILES string of the molecule is NCCCCc1csc(N(O)C(N)=NCC(F)(F)F)n1. The molecule has 5 N–H and O–H groups in total. The van der Waals surface area contributed by atoms with Crippen molar-refractivity contribution in [1.82, 2.24) is 4.98 Å². The summed E-state index contributed by atoms with van der Waals surface area (Å²) in [7, 11) is 0. The average molecular weight is 311 g/mol. The molecular weight excluding hydrogens is 295 g/mol. The second kappa shape index (κ2) is 7.41. The van der Waals surface area contributed by atoms with Crippen LogP contribution >= 0.6 is 11.3 Å². The highest BCUT2D eigenvalue weighted by molar-refractivity contribution is 7.13. The van der Waals surface area contributed by atoms with Gasteiger partial charge in [-0.1, -0.05) is 0 Å². The predicted molar refractivity (Wildman–Crippen MR) is 70.9 cm³/mol.